The summed E-state index contributed by atoms with van der Waals surface area (Å²) >= 11 is 0. The van der Waals surface area contributed by atoms with Gasteiger partial charge >= 0.3 is 0 Å². The van der Waals surface area contributed by atoms with Gasteiger partial charge in [-0.2, -0.15) is 0 Å². The number of amides is 2. The van der Waals surface area contributed by atoms with Crippen molar-refractivity contribution in [1.29, 1.82) is 0 Å². The van der Waals surface area contributed by atoms with Gasteiger partial charge in [-0.05, 0) is 49.9 Å². The quantitative estimate of drug-likeness (QED) is 0.881. The van der Waals surface area contributed by atoms with Crippen molar-refractivity contribution in [3.8, 4) is 0 Å². The van der Waals surface area contributed by atoms with Gasteiger partial charge in [-0.25, -0.2) is 13.8 Å². The van der Waals surface area contributed by atoms with Gasteiger partial charge in [0.15, 0.2) is 0 Å². The third-order valence-electron chi connectivity index (χ3n) is 4.76. The highest BCUT2D eigenvalue weighted by molar-refractivity contribution is 6.04. The van der Waals surface area contributed by atoms with Crippen molar-refractivity contribution in [3.63, 3.8) is 0 Å². The molecule has 0 saturated carbocycles. The zero-order chi connectivity index (χ0) is 19.4. The Morgan fingerprint density at radius 1 is 1.11 bits per heavy atom. The van der Waals surface area contributed by atoms with Crippen LogP contribution in [0.3, 0.4) is 0 Å². The minimum atomic E-state index is -0.880. The molecule has 142 valence electrons. The second-order valence-electron chi connectivity index (χ2n) is 6.52. The first-order valence-electron chi connectivity index (χ1n) is 9.04. The van der Waals surface area contributed by atoms with Crippen LogP contribution in [0, 0.1) is 11.6 Å². The summed E-state index contributed by atoms with van der Waals surface area (Å²) in [6, 6.07) is 7.96. The molecule has 0 spiro atoms. The summed E-state index contributed by atoms with van der Waals surface area (Å²) in [5, 5.41) is 2.18. The van der Waals surface area contributed by atoms with Gasteiger partial charge in [0, 0.05) is 12.6 Å². The molecule has 2 amide bonds. The van der Waals surface area contributed by atoms with Gasteiger partial charge in [0.1, 0.15) is 28.7 Å². The van der Waals surface area contributed by atoms with Crippen LogP contribution >= 0.6 is 0 Å². The van der Waals surface area contributed by atoms with E-state index in [4.69, 9.17) is 0 Å². The van der Waals surface area contributed by atoms with E-state index in [2.05, 4.69) is 10.3 Å². The van der Waals surface area contributed by atoms with Gasteiger partial charge < -0.3 is 10.2 Å². The molecule has 1 atom stereocenters. The topological polar surface area (TPSA) is 62.3 Å². The van der Waals surface area contributed by atoms with Gasteiger partial charge in [0.25, 0.3) is 11.8 Å². The van der Waals surface area contributed by atoms with E-state index in [1.165, 1.54) is 18.2 Å². The van der Waals surface area contributed by atoms with E-state index >= 15 is 0 Å². The Bertz CT molecular complexity index is 837. The molecule has 1 N–H and O–H groups in total. The zero-order valence-electron chi connectivity index (χ0n) is 15.0. The summed E-state index contributed by atoms with van der Waals surface area (Å²) in [6.45, 7) is 2.70. The third kappa shape index (κ3) is 4.13. The van der Waals surface area contributed by atoms with Crippen molar-refractivity contribution >= 4 is 17.5 Å². The fourth-order valence-electron chi connectivity index (χ4n) is 3.31. The van der Waals surface area contributed by atoms with Crippen molar-refractivity contribution in [2.75, 3.05) is 11.9 Å². The van der Waals surface area contributed by atoms with E-state index in [9.17, 15) is 18.4 Å². The van der Waals surface area contributed by atoms with Gasteiger partial charge in [-0.1, -0.05) is 19.1 Å². The number of para-hydroxylation sites is 1. The molecule has 1 aliphatic rings. The standard InChI is InChI=1S/C20H21F2N3O2/c1-2-13-7-3-4-12-25(13)20(27)17-11-6-10-16(23-17)19(26)24-18-14(21)8-5-9-15(18)22/h5-6,8-11,13H,2-4,7,12H2,1H3,(H,24,26). The number of pyridine rings is 1. The maximum absolute atomic E-state index is 13.7. The number of piperidine rings is 1. The Kier molecular flexibility index (Phi) is 5.78. The normalized spacial score (nSPS) is 16.9. The molecule has 1 fully saturated rings. The minimum Gasteiger partial charge on any atom is -0.334 e. The van der Waals surface area contributed by atoms with Crippen molar-refractivity contribution < 1.29 is 18.4 Å². The Morgan fingerprint density at radius 3 is 2.48 bits per heavy atom. The maximum Gasteiger partial charge on any atom is 0.274 e. The first-order valence-corrected chi connectivity index (χ1v) is 9.04. The van der Waals surface area contributed by atoms with E-state index in [-0.39, 0.29) is 23.3 Å². The predicted octanol–water partition coefficient (Wildman–Crippen LogP) is 4.02. The number of benzene rings is 1. The minimum absolute atomic E-state index is 0.0754. The van der Waals surface area contributed by atoms with Crippen molar-refractivity contribution in [3.05, 3.63) is 59.4 Å². The third-order valence-corrected chi connectivity index (χ3v) is 4.76. The molecule has 3 rings (SSSR count). The summed E-state index contributed by atoms with van der Waals surface area (Å²) in [5.74, 6) is -2.77. The molecule has 1 aliphatic heterocycles. The zero-order valence-corrected chi connectivity index (χ0v) is 15.0. The number of hydrogen-bond acceptors (Lipinski definition) is 3. The van der Waals surface area contributed by atoms with Crippen LogP contribution in [0.2, 0.25) is 0 Å². The highest BCUT2D eigenvalue weighted by Crippen LogP contribution is 2.22. The molecule has 1 aromatic carbocycles. The van der Waals surface area contributed by atoms with Crippen LogP contribution in [0.5, 0.6) is 0 Å². The molecule has 0 radical (unpaired) electrons. The first kappa shape index (κ1) is 18.9. The number of nitrogens with zero attached hydrogens (tertiary/aromatic N) is 2. The van der Waals surface area contributed by atoms with Crippen LogP contribution < -0.4 is 5.32 Å². The average Bonchev–Trinajstić information content (AvgIpc) is 2.70. The van der Waals surface area contributed by atoms with Crippen LogP contribution in [-0.4, -0.2) is 34.3 Å². The van der Waals surface area contributed by atoms with E-state index in [0.29, 0.717) is 6.54 Å². The van der Waals surface area contributed by atoms with Crippen LogP contribution in [0.15, 0.2) is 36.4 Å². The lowest BCUT2D eigenvalue weighted by atomic mass is 9.99. The number of nitrogens with one attached hydrogen (secondary N) is 1. The van der Waals surface area contributed by atoms with E-state index in [1.54, 1.807) is 11.0 Å². The number of hydrogen-bond donors (Lipinski definition) is 1. The number of carbonyl (C=O) groups is 2. The monoisotopic (exact) mass is 373 g/mol. The number of likely N-dealkylation sites (tertiary alicyclic amines) is 1. The van der Waals surface area contributed by atoms with Crippen LogP contribution in [-0.2, 0) is 0 Å². The summed E-state index contributed by atoms with van der Waals surface area (Å²) in [5.41, 5.74) is -0.464. The fraction of sp³-hybridized carbons (Fsp3) is 0.350. The van der Waals surface area contributed by atoms with Crippen molar-refractivity contribution in [2.45, 2.75) is 38.6 Å². The van der Waals surface area contributed by atoms with E-state index in [1.807, 2.05) is 6.92 Å². The molecule has 1 aromatic heterocycles. The lowest BCUT2D eigenvalue weighted by Gasteiger charge is -2.35. The summed E-state index contributed by atoms with van der Waals surface area (Å²) in [7, 11) is 0. The molecule has 1 saturated heterocycles. The van der Waals surface area contributed by atoms with Crippen LogP contribution in [0.4, 0.5) is 14.5 Å². The Hall–Kier alpha value is -2.83. The predicted molar refractivity (Wildman–Crippen MR) is 97.5 cm³/mol. The average molecular weight is 373 g/mol. The molecule has 0 aliphatic carbocycles. The molecular formula is C20H21F2N3O2. The van der Waals surface area contributed by atoms with Gasteiger partial charge in [-0.15, -0.1) is 0 Å². The van der Waals surface area contributed by atoms with Crippen LogP contribution in [0.25, 0.3) is 0 Å². The summed E-state index contributed by atoms with van der Waals surface area (Å²) < 4.78 is 27.4. The maximum atomic E-state index is 13.7. The number of halogens is 2. The number of rotatable bonds is 4. The van der Waals surface area contributed by atoms with E-state index in [0.717, 1.165) is 37.8 Å². The number of anilines is 1. The Balaban J connectivity index is 1.80. The highest BCUT2D eigenvalue weighted by atomic mass is 19.1. The second-order valence-corrected chi connectivity index (χ2v) is 6.52. The second kappa shape index (κ2) is 8.24. The molecule has 27 heavy (non-hydrogen) atoms. The van der Waals surface area contributed by atoms with Crippen molar-refractivity contribution in [1.82, 2.24) is 9.88 Å². The largest absolute Gasteiger partial charge is 0.334 e. The molecule has 1 unspecified atom stereocenters. The van der Waals surface area contributed by atoms with Gasteiger partial charge in [-0.3, -0.25) is 9.59 Å². The van der Waals surface area contributed by atoms with Crippen molar-refractivity contribution in [2.24, 2.45) is 0 Å². The fourth-order valence-corrected chi connectivity index (χ4v) is 3.31. The Labute approximate surface area is 156 Å². The van der Waals surface area contributed by atoms with Gasteiger partial charge in [0.05, 0.1) is 0 Å². The lowest BCUT2D eigenvalue weighted by Crippen LogP contribution is -2.43. The summed E-state index contributed by atoms with van der Waals surface area (Å²) in [6.07, 6.45) is 3.84. The first-order chi connectivity index (χ1) is 13.0. The summed E-state index contributed by atoms with van der Waals surface area (Å²) in [4.78, 5) is 31.1. The molecular weight excluding hydrogens is 352 g/mol. The Morgan fingerprint density at radius 2 is 1.78 bits per heavy atom. The number of aromatic nitrogens is 1. The molecule has 2 aromatic rings. The molecule has 7 heteroatoms. The molecule has 2 heterocycles. The SMILES string of the molecule is CCC1CCCCN1C(=O)c1cccc(C(=O)Nc2c(F)cccc2F)n1. The molecule has 5 nitrogen and oxygen atoms in total. The lowest BCUT2D eigenvalue weighted by molar-refractivity contribution is 0.0602. The smallest absolute Gasteiger partial charge is 0.274 e. The number of carbonyl (C=O) groups excluding carboxylic acids is 2. The van der Waals surface area contributed by atoms with Gasteiger partial charge in [0.2, 0.25) is 0 Å². The molecule has 0 bridgehead atoms. The van der Waals surface area contributed by atoms with E-state index < -0.39 is 23.2 Å². The highest BCUT2D eigenvalue weighted by Gasteiger charge is 2.27. The van der Waals surface area contributed by atoms with Crippen LogP contribution in [0.1, 0.15) is 53.6 Å².